The van der Waals surface area contributed by atoms with Crippen LogP contribution < -0.4 is 5.73 Å². The van der Waals surface area contributed by atoms with Crippen molar-refractivity contribution in [3.63, 3.8) is 0 Å². The van der Waals surface area contributed by atoms with E-state index in [1.54, 1.807) is 4.90 Å². The molecule has 0 aromatic heterocycles. The first-order valence-electron chi connectivity index (χ1n) is 11.5. The topological polar surface area (TPSA) is 67.9 Å². The summed E-state index contributed by atoms with van der Waals surface area (Å²) in [5, 5.41) is 1.34. The first-order valence-corrected chi connectivity index (χ1v) is 12.2. The van der Waals surface area contributed by atoms with E-state index in [0.717, 1.165) is 35.5 Å². The van der Waals surface area contributed by atoms with Gasteiger partial charge in [-0.05, 0) is 86.9 Å². The van der Waals surface area contributed by atoms with Crippen molar-refractivity contribution < 1.29 is 9.53 Å². The van der Waals surface area contributed by atoms with Gasteiger partial charge in [-0.15, -0.1) is 0 Å². The van der Waals surface area contributed by atoms with Crippen LogP contribution in [0.5, 0.6) is 0 Å². The van der Waals surface area contributed by atoms with Crippen molar-refractivity contribution in [2.24, 2.45) is 16.6 Å². The van der Waals surface area contributed by atoms with Crippen molar-refractivity contribution >= 4 is 40.8 Å². The summed E-state index contributed by atoms with van der Waals surface area (Å²) in [6.07, 6.45) is 3.59. The Morgan fingerprint density at radius 2 is 1.94 bits per heavy atom. The van der Waals surface area contributed by atoms with Crippen LogP contribution >= 0.6 is 23.2 Å². The summed E-state index contributed by atoms with van der Waals surface area (Å²) in [6, 6.07) is 11.6. The van der Waals surface area contributed by atoms with Crippen LogP contribution in [0.4, 0.5) is 10.5 Å². The van der Waals surface area contributed by atoms with E-state index in [9.17, 15) is 4.79 Å². The highest BCUT2D eigenvalue weighted by molar-refractivity contribution is 6.31. The molecule has 0 radical (unpaired) electrons. The van der Waals surface area contributed by atoms with E-state index in [-0.39, 0.29) is 6.09 Å². The van der Waals surface area contributed by atoms with Crippen molar-refractivity contribution in [3.05, 3.63) is 63.1 Å². The number of fused-ring (bicyclic) bond motifs is 3. The first kappa shape index (κ1) is 23.9. The molecule has 1 amide bonds. The van der Waals surface area contributed by atoms with Gasteiger partial charge >= 0.3 is 6.09 Å². The molecule has 1 heterocycles. The summed E-state index contributed by atoms with van der Waals surface area (Å²) < 4.78 is 5.66. The Balaban J connectivity index is 1.55. The Morgan fingerprint density at radius 3 is 2.67 bits per heavy atom. The van der Waals surface area contributed by atoms with Gasteiger partial charge in [-0.3, -0.25) is 0 Å². The second-order valence-corrected chi connectivity index (χ2v) is 10.8. The molecule has 2 aromatic carbocycles. The molecule has 1 saturated carbocycles. The predicted molar refractivity (Wildman–Crippen MR) is 135 cm³/mol. The number of carbonyl (C=O) groups is 1. The maximum atomic E-state index is 13.0. The molecule has 176 valence electrons. The molecule has 4 rings (SSSR count). The van der Waals surface area contributed by atoms with Crippen LogP contribution in [0, 0.1) is 5.92 Å². The largest absolute Gasteiger partial charge is 0.444 e. The Labute approximate surface area is 205 Å². The van der Waals surface area contributed by atoms with Crippen LogP contribution in [0.3, 0.4) is 0 Å². The molecular formula is C26H31Cl2N3O2. The number of aliphatic imine (C=N–C) groups is 1. The van der Waals surface area contributed by atoms with Gasteiger partial charge in [0.25, 0.3) is 0 Å². The Bertz CT molecular complexity index is 1080. The van der Waals surface area contributed by atoms with Gasteiger partial charge in [0.05, 0.1) is 5.69 Å². The number of carbonyl (C=O) groups excluding carboxylic acids is 1. The van der Waals surface area contributed by atoms with Crippen LogP contribution in [0.1, 0.15) is 62.6 Å². The number of amidine groups is 1. The van der Waals surface area contributed by atoms with Gasteiger partial charge in [0.15, 0.2) is 0 Å². The number of nitrogens with two attached hydrogens (primary N) is 1. The monoisotopic (exact) mass is 487 g/mol. The number of rotatable bonds is 5. The molecule has 7 heteroatoms. The SMILES string of the molecule is CC(C)(C)OC(=O)N(CCc1cc2c(cc1Cl)C1CCCC1C(N)=N2)Cc1cccc(Cl)c1. The average molecular weight is 488 g/mol. The number of halogens is 2. The van der Waals surface area contributed by atoms with Crippen LogP contribution in [-0.4, -0.2) is 29.0 Å². The first-order chi connectivity index (χ1) is 15.6. The molecular weight excluding hydrogens is 457 g/mol. The lowest BCUT2D eigenvalue weighted by atomic mass is 9.84. The summed E-state index contributed by atoms with van der Waals surface area (Å²) >= 11 is 12.9. The zero-order valence-electron chi connectivity index (χ0n) is 19.4. The van der Waals surface area contributed by atoms with Crippen LogP contribution in [-0.2, 0) is 17.7 Å². The minimum atomic E-state index is -0.586. The lowest BCUT2D eigenvalue weighted by Crippen LogP contribution is -2.37. The number of nitrogens with zero attached hydrogens (tertiary/aromatic N) is 2. The van der Waals surface area contributed by atoms with Crippen LogP contribution in [0.25, 0.3) is 0 Å². The molecule has 0 bridgehead atoms. The van der Waals surface area contributed by atoms with E-state index < -0.39 is 5.60 Å². The predicted octanol–water partition coefficient (Wildman–Crippen LogP) is 6.86. The molecule has 0 spiro atoms. The van der Waals surface area contributed by atoms with E-state index >= 15 is 0 Å². The standard InChI is InChI=1S/C26H31Cl2N3O2/c1-26(2,3)33-25(32)31(15-16-6-4-7-18(27)12-16)11-10-17-13-23-21(14-22(17)28)19-8-5-9-20(19)24(29)30-23/h4,6-7,12-14,19-20H,5,8-11,15H2,1-3H3,(H2,29,30). The van der Waals surface area contributed by atoms with Gasteiger partial charge in [0, 0.05) is 29.1 Å². The van der Waals surface area contributed by atoms with Gasteiger partial charge in [0.1, 0.15) is 11.4 Å². The highest BCUT2D eigenvalue weighted by Crippen LogP contribution is 2.47. The number of hydrogen-bond donors (Lipinski definition) is 1. The average Bonchev–Trinajstić information content (AvgIpc) is 3.21. The third-order valence-electron chi connectivity index (χ3n) is 6.31. The summed E-state index contributed by atoms with van der Waals surface area (Å²) in [5.74, 6) is 1.47. The van der Waals surface area contributed by atoms with E-state index in [2.05, 4.69) is 6.07 Å². The quantitative estimate of drug-likeness (QED) is 0.500. The van der Waals surface area contributed by atoms with Gasteiger partial charge in [-0.2, -0.15) is 0 Å². The lowest BCUT2D eigenvalue weighted by molar-refractivity contribution is 0.0236. The minimum absolute atomic E-state index is 0.333. The zero-order chi connectivity index (χ0) is 23.8. The van der Waals surface area contributed by atoms with Crippen molar-refractivity contribution in [3.8, 4) is 0 Å². The van der Waals surface area contributed by atoms with Crippen molar-refractivity contribution in [2.45, 2.75) is 64.5 Å². The van der Waals surface area contributed by atoms with Crippen molar-refractivity contribution in [1.29, 1.82) is 0 Å². The lowest BCUT2D eigenvalue weighted by Gasteiger charge is -2.29. The molecule has 2 aliphatic rings. The Hall–Kier alpha value is -2.24. The second kappa shape index (κ2) is 9.55. The number of ether oxygens (including phenoxy) is 1. The van der Waals surface area contributed by atoms with Crippen molar-refractivity contribution in [2.75, 3.05) is 6.54 Å². The number of hydrogen-bond acceptors (Lipinski definition) is 4. The minimum Gasteiger partial charge on any atom is -0.444 e. The molecule has 5 nitrogen and oxygen atoms in total. The van der Waals surface area contributed by atoms with E-state index in [0.29, 0.717) is 41.4 Å². The van der Waals surface area contributed by atoms with E-state index in [1.165, 1.54) is 12.0 Å². The van der Waals surface area contributed by atoms with E-state index in [4.69, 9.17) is 38.7 Å². The summed E-state index contributed by atoms with van der Waals surface area (Å²) in [5.41, 5.74) is 9.69. The number of amides is 1. The fourth-order valence-electron chi connectivity index (χ4n) is 4.79. The molecule has 1 aliphatic heterocycles. The number of benzene rings is 2. The van der Waals surface area contributed by atoms with Gasteiger partial charge in [-0.1, -0.05) is 41.8 Å². The molecule has 33 heavy (non-hydrogen) atoms. The van der Waals surface area contributed by atoms with E-state index in [1.807, 2.05) is 51.1 Å². The summed E-state index contributed by atoms with van der Waals surface area (Å²) in [6.45, 7) is 6.43. The van der Waals surface area contributed by atoms with Gasteiger partial charge in [-0.25, -0.2) is 9.79 Å². The molecule has 2 aromatic rings. The second-order valence-electron chi connectivity index (χ2n) is 9.96. The third-order valence-corrected chi connectivity index (χ3v) is 6.89. The normalized spacial score (nSPS) is 19.5. The zero-order valence-corrected chi connectivity index (χ0v) is 20.9. The van der Waals surface area contributed by atoms with Gasteiger partial charge < -0.3 is 15.4 Å². The fourth-order valence-corrected chi connectivity index (χ4v) is 5.27. The molecule has 0 saturated heterocycles. The Morgan fingerprint density at radius 1 is 1.18 bits per heavy atom. The highest BCUT2D eigenvalue weighted by atomic mass is 35.5. The van der Waals surface area contributed by atoms with Crippen LogP contribution in [0.15, 0.2) is 41.4 Å². The summed E-state index contributed by atoms with van der Waals surface area (Å²) in [4.78, 5) is 19.3. The fraction of sp³-hybridized carbons (Fsp3) is 0.462. The molecule has 1 fully saturated rings. The maximum absolute atomic E-state index is 13.0. The van der Waals surface area contributed by atoms with Crippen LogP contribution in [0.2, 0.25) is 10.0 Å². The maximum Gasteiger partial charge on any atom is 0.410 e. The molecule has 2 N–H and O–H groups in total. The smallest absolute Gasteiger partial charge is 0.410 e. The molecule has 1 aliphatic carbocycles. The Kier molecular flexibility index (Phi) is 6.92. The summed E-state index contributed by atoms with van der Waals surface area (Å²) in [7, 11) is 0. The van der Waals surface area contributed by atoms with Crippen molar-refractivity contribution in [1.82, 2.24) is 4.90 Å². The highest BCUT2D eigenvalue weighted by Gasteiger charge is 2.36. The van der Waals surface area contributed by atoms with Gasteiger partial charge in [0.2, 0.25) is 0 Å². The molecule has 2 unspecified atom stereocenters. The molecule has 2 atom stereocenters. The third kappa shape index (κ3) is 5.64.